The van der Waals surface area contributed by atoms with E-state index in [2.05, 4.69) is 0 Å². The summed E-state index contributed by atoms with van der Waals surface area (Å²) in [6.45, 7) is 6.00. The molecule has 25 heavy (non-hydrogen) atoms. The predicted octanol–water partition coefficient (Wildman–Crippen LogP) is 2.11. The Morgan fingerprint density at radius 2 is 1.56 bits per heavy atom. The number of amides is 1. The number of morpholine rings is 1. The first-order valence-corrected chi connectivity index (χ1v) is 10.4. The lowest BCUT2D eigenvalue weighted by Crippen LogP contribution is -2.48. The van der Waals surface area contributed by atoms with Gasteiger partial charge in [0.05, 0.1) is 17.1 Å². The third-order valence-corrected chi connectivity index (χ3v) is 6.61. The summed E-state index contributed by atoms with van der Waals surface area (Å²) in [6.07, 6.45) is 2.98. The highest BCUT2D eigenvalue weighted by atomic mass is 32.2. The zero-order valence-corrected chi connectivity index (χ0v) is 15.7. The highest BCUT2D eigenvalue weighted by Gasteiger charge is 2.32. The third kappa shape index (κ3) is 4.04. The predicted molar refractivity (Wildman–Crippen MR) is 95.0 cm³/mol. The normalized spacial score (nSPS) is 25.8. The average Bonchev–Trinajstić information content (AvgIpc) is 2.61. The zero-order chi connectivity index (χ0) is 18.0. The summed E-state index contributed by atoms with van der Waals surface area (Å²) in [5.41, 5.74) is 0.546. The van der Waals surface area contributed by atoms with Crippen LogP contribution in [0.1, 0.15) is 43.5 Å². The molecule has 1 amide bonds. The summed E-state index contributed by atoms with van der Waals surface area (Å²) in [5, 5.41) is 0. The largest absolute Gasteiger partial charge is 0.373 e. The number of benzene rings is 1. The molecule has 2 unspecified atom stereocenters. The van der Waals surface area contributed by atoms with Crippen LogP contribution in [0.2, 0.25) is 0 Å². The van der Waals surface area contributed by atoms with Crippen molar-refractivity contribution in [3.05, 3.63) is 29.8 Å². The smallest absolute Gasteiger partial charge is 0.253 e. The van der Waals surface area contributed by atoms with Crippen molar-refractivity contribution in [1.29, 1.82) is 0 Å². The quantitative estimate of drug-likeness (QED) is 0.822. The van der Waals surface area contributed by atoms with Crippen molar-refractivity contribution in [2.75, 3.05) is 26.2 Å². The highest BCUT2D eigenvalue weighted by Crippen LogP contribution is 2.22. The lowest BCUT2D eigenvalue weighted by molar-refractivity contribution is -0.0440. The molecule has 0 spiro atoms. The van der Waals surface area contributed by atoms with Gasteiger partial charge in [0.25, 0.3) is 5.91 Å². The van der Waals surface area contributed by atoms with Crippen LogP contribution in [0.5, 0.6) is 0 Å². The van der Waals surface area contributed by atoms with Crippen molar-refractivity contribution >= 4 is 15.9 Å². The fourth-order valence-electron chi connectivity index (χ4n) is 3.53. The molecule has 6 nitrogen and oxygen atoms in total. The van der Waals surface area contributed by atoms with Gasteiger partial charge in [0.1, 0.15) is 0 Å². The number of carbonyl (C=O) groups excluding carboxylic acids is 1. The van der Waals surface area contributed by atoms with E-state index in [1.807, 2.05) is 18.7 Å². The van der Waals surface area contributed by atoms with Crippen LogP contribution in [-0.2, 0) is 14.8 Å². The van der Waals surface area contributed by atoms with Gasteiger partial charge in [0, 0.05) is 31.7 Å². The molecule has 3 rings (SSSR count). The van der Waals surface area contributed by atoms with E-state index in [0.717, 1.165) is 32.4 Å². The lowest BCUT2D eigenvalue weighted by atomic mass is 10.1. The van der Waals surface area contributed by atoms with Crippen LogP contribution < -0.4 is 0 Å². The van der Waals surface area contributed by atoms with Gasteiger partial charge >= 0.3 is 0 Å². The Morgan fingerprint density at radius 3 is 2.12 bits per heavy atom. The summed E-state index contributed by atoms with van der Waals surface area (Å²) in [5.74, 6) is -0.0164. The Hall–Kier alpha value is -1.44. The summed E-state index contributed by atoms with van der Waals surface area (Å²) in [4.78, 5) is 14.6. The summed E-state index contributed by atoms with van der Waals surface area (Å²) < 4.78 is 32.7. The van der Waals surface area contributed by atoms with Gasteiger partial charge in [0.2, 0.25) is 10.0 Å². The van der Waals surface area contributed by atoms with E-state index in [1.165, 1.54) is 16.4 Å². The minimum Gasteiger partial charge on any atom is -0.373 e. The lowest BCUT2D eigenvalue weighted by Gasteiger charge is -2.34. The van der Waals surface area contributed by atoms with Crippen LogP contribution in [-0.4, -0.2) is 61.9 Å². The van der Waals surface area contributed by atoms with Gasteiger partial charge in [0.15, 0.2) is 0 Å². The maximum Gasteiger partial charge on any atom is 0.253 e. The van der Waals surface area contributed by atoms with Crippen molar-refractivity contribution in [1.82, 2.24) is 9.21 Å². The standard InChI is InChI=1S/C18H26N2O4S/c1-14-12-20(13-15(2)24-14)25(22,23)17-8-6-16(7-9-17)18(21)19-10-4-3-5-11-19/h6-9,14-15H,3-5,10-13H2,1-2H3. The van der Waals surface area contributed by atoms with Crippen LogP contribution in [0.15, 0.2) is 29.2 Å². The Bertz CT molecular complexity index is 701. The molecule has 0 radical (unpaired) electrons. The second-order valence-electron chi connectivity index (χ2n) is 6.96. The molecule has 1 aromatic carbocycles. The van der Waals surface area contributed by atoms with Crippen molar-refractivity contribution < 1.29 is 17.9 Å². The molecular weight excluding hydrogens is 340 g/mol. The molecule has 0 aromatic heterocycles. The van der Waals surface area contributed by atoms with E-state index in [4.69, 9.17) is 4.74 Å². The summed E-state index contributed by atoms with van der Waals surface area (Å²) in [6, 6.07) is 6.32. The molecule has 0 saturated carbocycles. The number of carbonyl (C=O) groups is 1. The second kappa shape index (κ2) is 7.43. The Labute approximate surface area is 149 Å². The molecule has 0 N–H and O–H groups in total. The van der Waals surface area contributed by atoms with Gasteiger partial charge < -0.3 is 9.64 Å². The van der Waals surface area contributed by atoms with E-state index < -0.39 is 10.0 Å². The van der Waals surface area contributed by atoms with Crippen molar-refractivity contribution in [2.24, 2.45) is 0 Å². The van der Waals surface area contributed by atoms with E-state index in [-0.39, 0.29) is 23.0 Å². The second-order valence-corrected chi connectivity index (χ2v) is 8.89. The summed E-state index contributed by atoms with van der Waals surface area (Å²) in [7, 11) is -3.57. The molecule has 0 aliphatic carbocycles. The van der Waals surface area contributed by atoms with Crippen LogP contribution in [0.25, 0.3) is 0 Å². The number of hydrogen-bond donors (Lipinski definition) is 0. The van der Waals surface area contributed by atoms with Crippen LogP contribution in [0.3, 0.4) is 0 Å². The van der Waals surface area contributed by atoms with Crippen LogP contribution >= 0.6 is 0 Å². The number of hydrogen-bond acceptors (Lipinski definition) is 4. The van der Waals surface area contributed by atoms with Gasteiger partial charge in [-0.05, 0) is 57.4 Å². The number of likely N-dealkylation sites (tertiary alicyclic amines) is 1. The first kappa shape index (κ1) is 18.4. The van der Waals surface area contributed by atoms with Crippen molar-refractivity contribution in [3.8, 4) is 0 Å². The van der Waals surface area contributed by atoms with Crippen LogP contribution in [0, 0.1) is 0 Å². The molecule has 7 heteroatoms. The van der Waals surface area contributed by atoms with Gasteiger partial charge in [-0.1, -0.05) is 0 Å². The molecule has 2 aliphatic rings. The highest BCUT2D eigenvalue weighted by molar-refractivity contribution is 7.89. The SMILES string of the molecule is CC1CN(S(=O)(=O)c2ccc(C(=O)N3CCCCC3)cc2)CC(C)O1. The van der Waals surface area contributed by atoms with Gasteiger partial charge in [-0.15, -0.1) is 0 Å². The molecule has 0 bridgehead atoms. The Balaban J connectivity index is 1.75. The zero-order valence-electron chi connectivity index (χ0n) is 14.8. The van der Waals surface area contributed by atoms with E-state index in [1.54, 1.807) is 12.1 Å². The minimum absolute atomic E-state index is 0.0164. The monoisotopic (exact) mass is 366 g/mol. The molecule has 2 heterocycles. The number of nitrogens with zero attached hydrogens (tertiary/aromatic N) is 2. The number of piperidine rings is 1. The van der Waals surface area contributed by atoms with Gasteiger partial charge in [-0.25, -0.2) is 8.42 Å². The fraction of sp³-hybridized carbons (Fsp3) is 0.611. The molecule has 2 fully saturated rings. The molecule has 2 atom stereocenters. The van der Waals surface area contributed by atoms with Crippen LogP contribution in [0.4, 0.5) is 0 Å². The molecule has 138 valence electrons. The minimum atomic E-state index is -3.57. The first-order chi connectivity index (χ1) is 11.9. The molecule has 1 aromatic rings. The Kier molecular flexibility index (Phi) is 5.46. The Morgan fingerprint density at radius 1 is 1.00 bits per heavy atom. The van der Waals surface area contributed by atoms with E-state index in [9.17, 15) is 13.2 Å². The molecule has 2 aliphatic heterocycles. The fourth-order valence-corrected chi connectivity index (χ4v) is 5.12. The van der Waals surface area contributed by atoms with Crippen molar-refractivity contribution in [3.63, 3.8) is 0 Å². The molecular formula is C18H26N2O4S. The number of sulfonamides is 1. The number of rotatable bonds is 3. The summed E-state index contributed by atoms with van der Waals surface area (Å²) >= 11 is 0. The molecule has 2 saturated heterocycles. The van der Waals surface area contributed by atoms with E-state index in [0.29, 0.717) is 18.7 Å². The average molecular weight is 366 g/mol. The topological polar surface area (TPSA) is 66.9 Å². The van der Waals surface area contributed by atoms with Gasteiger partial charge in [-0.2, -0.15) is 4.31 Å². The number of ether oxygens (including phenoxy) is 1. The maximum atomic E-state index is 12.8. The third-order valence-electron chi connectivity index (χ3n) is 4.77. The van der Waals surface area contributed by atoms with E-state index >= 15 is 0 Å². The first-order valence-electron chi connectivity index (χ1n) is 8.93. The van der Waals surface area contributed by atoms with Gasteiger partial charge in [-0.3, -0.25) is 4.79 Å². The van der Waals surface area contributed by atoms with Crippen molar-refractivity contribution in [2.45, 2.75) is 50.2 Å². The maximum absolute atomic E-state index is 12.8.